The first-order valence-corrected chi connectivity index (χ1v) is 10.5. The fraction of sp³-hybridized carbons (Fsp3) is 0.0870. The highest BCUT2D eigenvalue weighted by Gasteiger charge is 2.20. The molecule has 0 bridgehead atoms. The lowest BCUT2D eigenvalue weighted by molar-refractivity contribution is 0.101. The molecule has 1 N–H and O–H groups in total. The Bertz CT molecular complexity index is 1230. The predicted molar refractivity (Wildman–Crippen MR) is 123 cm³/mol. The van der Waals surface area contributed by atoms with Crippen molar-refractivity contribution < 1.29 is 4.79 Å². The van der Waals surface area contributed by atoms with E-state index in [1.54, 1.807) is 28.9 Å². The predicted octanol–water partition coefficient (Wildman–Crippen LogP) is 6.22. The SMILES string of the molecule is Cc1ccc(-n2nc(C(=O)Nc3ccccc3Cl)nc2-c2ccc(Br)cc2)c(C)c1. The van der Waals surface area contributed by atoms with Gasteiger partial charge in [-0.25, -0.2) is 9.67 Å². The summed E-state index contributed by atoms with van der Waals surface area (Å²) in [4.78, 5) is 17.4. The molecule has 150 valence electrons. The van der Waals surface area contributed by atoms with Crippen LogP contribution in [0, 0.1) is 13.8 Å². The van der Waals surface area contributed by atoms with Crippen LogP contribution in [0.3, 0.4) is 0 Å². The maximum Gasteiger partial charge on any atom is 0.295 e. The number of carbonyl (C=O) groups excluding carboxylic acids is 1. The van der Waals surface area contributed by atoms with Gasteiger partial charge in [-0.15, -0.1) is 5.10 Å². The second-order valence-electron chi connectivity index (χ2n) is 6.90. The molecule has 0 aliphatic heterocycles. The summed E-state index contributed by atoms with van der Waals surface area (Å²) < 4.78 is 2.67. The molecule has 1 aromatic heterocycles. The van der Waals surface area contributed by atoms with E-state index in [2.05, 4.69) is 37.4 Å². The summed E-state index contributed by atoms with van der Waals surface area (Å²) in [5.74, 6) is 0.219. The third-order valence-corrected chi connectivity index (χ3v) is 5.47. The second-order valence-corrected chi connectivity index (χ2v) is 8.22. The Kier molecular flexibility index (Phi) is 5.70. The molecule has 0 atom stereocenters. The van der Waals surface area contributed by atoms with Crippen molar-refractivity contribution in [3.05, 3.63) is 93.2 Å². The van der Waals surface area contributed by atoms with Crippen molar-refractivity contribution >= 4 is 39.1 Å². The maximum absolute atomic E-state index is 12.9. The number of aryl methyl sites for hydroxylation is 2. The topological polar surface area (TPSA) is 59.8 Å². The summed E-state index contributed by atoms with van der Waals surface area (Å²) in [6.45, 7) is 4.05. The van der Waals surface area contributed by atoms with Crippen LogP contribution in [-0.2, 0) is 0 Å². The Morgan fingerprint density at radius 3 is 2.47 bits per heavy atom. The molecule has 0 fully saturated rings. The van der Waals surface area contributed by atoms with Crippen LogP contribution < -0.4 is 5.32 Å². The first kappa shape index (κ1) is 20.3. The fourth-order valence-electron chi connectivity index (χ4n) is 3.15. The van der Waals surface area contributed by atoms with Crippen LogP contribution in [-0.4, -0.2) is 20.7 Å². The van der Waals surface area contributed by atoms with E-state index in [4.69, 9.17) is 11.6 Å². The molecule has 5 nitrogen and oxygen atoms in total. The number of carbonyl (C=O) groups is 1. The van der Waals surface area contributed by atoms with E-state index in [-0.39, 0.29) is 5.82 Å². The van der Waals surface area contributed by atoms with Crippen molar-refractivity contribution in [2.45, 2.75) is 13.8 Å². The van der Waals surface area contributed by atoms with Crippen molar-refractivity contribution in [2.24, 2.45) is 0 Å². The average Bonchev–Trinajstić information content (AvgIpc) is 3.15. The zero-order valence-corrected chi connectivity index (χ0v) is 18.7. The van der Waals surface area contributed by atoms with Gasteiger partial charge in [0.1, 0.15) is 0 Å². The molecule has 0 saturated heterocycles. The minimum Gasteiger partial charge on any atom is -0.318 e. The van der Waals surface area contributed by atoms with Gasteiger partial charge in [0.25, 0.3) is 5.91 Å². The van der Waals surface area contributed by atoms with E-state index < -0.39 is 5.91 Å². The molecule has 1 heterocycles. The molecule has 0 spiro atoms. The lowest BCUT2D eigenvalue weighted by Gasteiger charge is -2.10. The lowest BCUT2D eigenvalue weighted by Crippen LogP contribution is -2.14. The molecular formula is C23H18BrClN4O. The minimum atomic E-state index is -0.426. The molecule has 7 heteroatoms. The smallest absolute Gasteiger partial charge is 0.295 e. The number of amides is 1. The van der Waals surface area contributed by atoms with Crippen molar-refractivity contribution in [3.63, 3.8) is 0 Å². The average molecular weight is 482 g/mol. The Labute approximate surface area is 187 Å². The van der Waals surface area contributed by atoms with Gasteiger partial charge in [0.2, 0.25) is 5.82 Å². The molecule has 0 radical (unpaired) electrons. The number of anilines is 1. The van der Waals surface area contributed by atoms with Gasteiger partial charge >= 0.3 is 0 Å². The highest BCUT2D eigenvalue weighted by molar-refractivity contribution is 9.10. The first-order valence-electron chi connectivity index (χ1n) is 9.29. The molecule has 0 unspecified atom stereocenters. The summed E-state index contributed by atoms with van der Waals surface area (Å²) >= 11 is 9.62. The van der Waals surface area contributed by atoms with Crippen LogP contribution >= 0.6 is 27.5 Å². The van der Waals surface area contributed by atoms with Crippen molar-refractivity contribution in [1.82, 2.24) is 14.8 Å². The van der Waals surface area contributed by atoms with Gasteiger partial charge in [-0.2, -0.15) is 0 Å². The zero-order valence-electron chi connectivity index (χ0n) is 16.4. The normalized spacial score (nSPS) is 10.8. The molecule has 30 heavy (non-hydrogen) atoms. The van der Waals surface area contributed by atoms with Gasteiger partial charge in [-0.05, 0) is 49.7 Å². The van der Waals surface area contributed by atoms with Crippen LogP contribution in [0.15, 0.2) is 71.2 Å². The van der Waals surface area contributed by atoms with Crippen molar-refractivity contribution in [2.75, 3.05) is 5.32 Å². The molecular weight excluding hydrogens is 464 g/mol. The van der Waals surface area contributed by atoms with E-state index in [0.29, 0.717) is 16.5 Å². The Balaban J connectivity index is 1.80. The van der Waals surface area contributed by atoms with Crippen molar-refractivity contribution in [3.8, 4) is 17.1 Å². The molecule has 0 aliphatic carbocycles. The number of hydrogen-bond donors (Lipinski definition) is 1. The van der Waals surface area contributed by atoms with E-state index in [1.807, 2.05) is 50.2 Å². The summed E-state index contributed by atoms with van der Waals surface area (Å²) in [5, 5.41) is 7.77. The van der Waals surface area contributed by atoms with E-state index in [0.717, 1.165) is 26.9 Å². The Morgan fingerprint density at radius 1 is 1.03 bits per heavy atom. The number of benzene rings is 3. The number of aromatic nitrogens is 3. The molecule has 4 aromatic rings. The van der Waals surface area contributed by atoms with Gasteiger partial charge in [0.15, 0.2) is 5.82 Å². The van der Waals surface area contributed by atoms with Crippen LogP contribution in [0.4, 0.5) is 5.69 Å². The number of para-hydroxylation sites is 1. The van der Waals surface area contributed by atoms with Gasteiger partial charge in [0.05, 0.1) is 16.4 Å². The first-order chi connectivity index (χ1) is 14.4. The minimum absolute atomic E-state index is 0.0628. The van der Waals surface area contributed by atoms with E-state index >= 15 is 0 Å². The van der Waals surface area contributed by atoms with Gasteiger partial charge in [0, 0.05) is 10.0 Å². The van der Waals surface area contributed by atoms with Crippen LogP contribution in [0.25, 0.3) is 17.1 Å². The number of rotatable bonds is 4. The van der Waals surface area contributed by atoms with Gasteiger partial charge < -0.3 is 5.32 Å². The highest BCUT2D eigenvalue weighted by Crippen LogP contribution is 2.26. The molecule has 0 saturated carbocycles. The van der Waals surface area contributed by atoms with E-state index in [9.17, 15) is 4.79 Å². The summed E-state index contributed by atoms with van der Waals surface area (Å²) in [6.07, 6.45) is 0. The molecule has 1 amide bonds. The third-order valence-electron chi connectivity index (χ3n) is 4.62. The van der Waals surface area contributed by atoms with Crippen molar-refractivity contribution in [1.29, 1.82) is 0 Å². The Morgan fingerprint density at radius 2 is 1.77 bits per heavy atom. The standard InChI is InChI=1S/C23H18BrClN4O/c1-14-7-12-20(15(2)13-14)29-22(16-8-10-17(24)11-9-16)27-21(28-29)23(30)26-19-6-4-3-5-18(19)25/h3-13H,1-2H3,(H,26,30). The third kappa shape index (κ3) is 4.15. The lowest BCUT2D eigenvalue weighted by atomic mass is 10.1. The molecule has 4 rings (SSSR count). The number of nitrogens with one attached hydrogen (secondary N) is 1. The van der Waals surface area contributed by atoms with Crippen LogP contribution in [0.5, 0.6) is 0 Å². The monoisotopic (exact) mass is 480 g/mol. The Hall–Kier alpha value is -2.96. The number of halogens is 2. The largest absolute Gasteiger partial charge is 0.318 e. The summed E-state index contributed by atoms with van der Waals surface area (Å²) in [7, 11) is 0. The highest BCUT2D eigenvalue weighted by atomic mass is 79.9. The second kappa shape index (κ2) is 8.42. The quantitative estimate of drug-likeness (QED) is 0.376. The fourth-order valence-corrected chi connectivity index (χ4v) is 3.59. The summed E-state index contributed by atoms with van der Waals surface area (Å²) in [6, 6.07) is 20.9. The summed E-state index contributed by atoms with van der Waals surface area (Å²) in [5.41, 5.74) is 4.41. The van der Waals surface area contributed by atoms with Crippen LogP contribution in [0.2, 0.25) is 5.02 Å². The van der Waals surface area contributed by atoms with Crippen LogP contribution in [0.1, 0.15) is 21.7 Å². The van der Waals surface area contributed by atoms with Gasteiger partial charge in [-0.3, -0.25) is 4.79 Å². The maximum atomic E-state index is 12.9. The number of hydrogen-bond acceptors (Lipinski definition) is 3. The zero-order chi connectivity index (χ0) is 21.3. The number of nitrogens with zero attached hydrogens (tertiary/aromatic N) is 3. The van der Waals surface area contributed by atoms with Gasteiger partial charge in [-0.1, -0.05) is 69.5 Å². The molecule has 0 aliphatic rings. The molecule has 3 aromatic carbocycles. The van der Waals surface area contributed by atoms with E-state index in [1.165, 1.54) is 0 Å².